The van der Waals surface area contributed by atoms with Crippen molar-refractivity contribution in [2.75, 3.05) is 6.61 Å². The Kier molecular flexibility index (Phi) is 4.15. The summed E-state index contributed by atoms with van der Waals surface area (Å²) in [5.41, 5.74) is 0. The third-order valence-electron chi connectivity index (χ3n) is 1.93. The van der Waals surface area contributed by atoms with E-state index in [0.717, 1.165) is 25.9 Å². The minimum absolute atomic E-state index is 0.290. The van der Waals surface area contributed by atoms with E-state index in [1.807, 2.05) is 12.3 Å². The first kappa shape index (κ1) is 9.59. The summed E-state index contributed by atoms with van der Waals surface area (Å²) in [5.74, 6) is 0. The molecule has 0 spiro atoms. The molecule has 1 saturated heterocycles. The molecule has 1 heterocycles. The van der Waals surface area contributed by atoms with E-state index >= 15 is 0 Å². The smallest absolute Gasteiger partial charge is 0.126 e. The molecule has 1 rings (SSSR count). The summed E-state index contributed by atoms with van der Waals surface area (Å²) in [6.07, 6.45) is 7.78. The molecule has 0 N–H and O–H groups in total. The third kappa shape index (κ3) is 3.26. The zero-order valence-electron chi connectivity index (χ0n) is 7.95. The van der Waals surface area contributed by atoms with E-state index in [2.05, 4.69) is 13.8 Å². The van der Waals surface area contributed by atoms with Crippen LogP contribution in [0.15, 0.2) is 12.3 Å². The molecule has 70 valence electrons. The van der Waals surface area contributed by atoms with Gasteiger partial charge in [0.25, 0.3) is 0 Å². The van der Waals surface area contributed by atoms with Gasteiger partial charge in [-0.1, -0.05) is 26.3 Å². The SMILES string of the molecule is CCC=COC(CCC)C1CO1. The Hall–Kier alpha value is -0.500. The van der Waals surface area contributed by atoms with E-state index in [4.69, 9.17) is 9.47 Å². The molecule has 1 fully saturated rings. The number of hydrogen-bond acceptors (Lipinski definition) is 2. The average molecular weight is 170 g/mol. The van der Waals surface area contributed by atoms with Crippen molar-refractivity contribution in [1.82, 2.24) is 0 Å². The van der Waals surface area contributed by atoms with E-state index in [1.165, 1.54) is 0 Å². The molecule has 2 nitrogen and oxygen atoms in total. The lowest BCUT2D eigenvalue weighted by Crippen LogP contribution is -2.16. The summed E-state index contributed by atoms with van der Waals surface area (Å²) in [6, 6.07) is 0. The van der Waals surface area contributed by atoms with Gasteiger partial charge < -0.3 is 9.47 Å². The molecule has 0 amide bonds. The summed E-state index contributed by atoms with van der Waals surface area (Å²) in [4.78, 5) is 0. The number of epoxide rings is 1. The van der Waals surface area contributed by atoms with Crippen LogP contribution in [-0.4, -0.2) is 18.8 Å². The molecule has 2 atom stereocenters. The zero-order valence-corrected chi connectivity index (χ0v) is 7.95. The number of ether oxygens (including phenoxy) is 2. The summed E-state index contributed by atoms with van der Waals surface area (Å²) >= 11 is 0. The molecular weight excluding hydrogens is 152 g/mol. The first-order valence-corrected chi connectivity index (χ1v) is 4.80. The molecule has 0 aromatic heterocycles. The largest absolute Gasteiger partial charge is 0.496 e. The number of rotatable bonds is 6. The van der Waals surface area contributed by atoms with E-state index < -0.39 is 0 Å². The van der Waals surface area contributed by atoms with E-state index in [-0.39, 0.29) is 6.10 Å². The van der Waals surface area contributed by atoms with Gasteiger partial charge in [0, 0.05) is 0 Å². The van der Waals surface area contributed by atoms with Crippen molar-refractivity contribution in [2.45, 2.75) is 45.3 Å². The minimum Gasteiger partial charge on any atom is -0.496 e. The van der Waals surface area contributed by atoms with Crippen molar-refractivity contribution >= 4 is 0 Å². The van der Waals surface area contributed by atoms with Gasteiger partial charge in [-0.2, -0.15) is 0 Å². The van der Waals surface area contributed by atoms with Gasteiger partial charge in [0.15, 0.2) is 0 Å². The van der Waals surface area contributed by atoms with Gasteiger partial charge in [0.1, 0.15) is 12.2 Å². The topological polar surface area (TPSA) is 21.8 Å². The molecule has 0 aromatic carbocycles. The van der Waals surface area contributed by atoms with Crippen LogP contribution in [0.5, 0.6) is 0 Å². The van der Waals surface area contributed by atoms with Gasteiger partial charge in [0.2, 0.25) is 0 Å². The van der Waals surface area contributed by atoms with Crippen LogP contribution in [-0.2, 0) is 9.47 Å². The van der Waals surface area contributed by atoms with Crippen LogP contribution >= 0.6 is 0 Å². The lowest BCUT2D eigenvalue weighted by molar-refractivity contribution is 0.102. The van der Waals surface area contributed by atoms with Gasteiger partial charge in [-0.05, 0) is 12.8 Å². The highest BCUT2D eigenvalue weighted by molar-refractivity contribution is 4.83. The third-order valence-corrected chi connectivity index (χ3v) is 1.93. The molecule has 0 aliphatic carbocycles. The number of hydrogen-bond donors (Lipinski definition) is 0. The van der Waals surface area contributed by atoms with E-state index in [0.29, 0.717) is 6.10 Å². The van der Waals surface area contributed by atoms with E-state index in [1.54, 1.807) is 0 Å². The molecule has 2 heteroatoms. The van der Waals surface area contributed by atoms with Gasteiger partial charge in [-0.3, -0.25) is 0 Å². The van der Waals surface area contributed by atoms with Crippen LogP contribution in [0.1, 0.15) is 33.1 Å². The summed E-state index contributed by atoms with van der Waals surface area (Å²) in [6.45, 7) is 5.15. The predicted octanol–water partition coefficient (Wildman–Crippen LogP) is 2.49. The Labute approximate surface area is 74.6 Å². The van der Waals surface area contributed by atoms with Crippen molar-refractivity contribution < 1.29 is 9.47 Å². The van der Waals surface area contributed by atoms with Crippen LogP contribution in [0.2, 0.25) is 0 Å². The fraction of sp³-hybridized carbons (Fsp3) is 0.800. The Morgan fingerprint density at radius 3 is 2.83 bits per heavy atom. The minimum atomic E-state index is 0.290. The second kappa shape index (κ2) is 5.20. The van der Waals surface area contributed by atoms with Gasteiger partial charge >= 0.3 is 0 Å². The standard InChI is InChI=1S/C10H18O2/c1-3-5-7-11-9(6-4-2)10-8-12-10/h5,7,9-10H,3-4,6,8H2,1-2H3. The van der Waals surface area contributed by atoms with Gasteiger partial charge in [-0.25, -0.2) is 0 Å². The molecular formula is C10H18O2. The van der Waals surface area contributed by atoms with Crippen LogP contribution in [0.3, 0.4) is 0 Å². The maximum Gasteiger partial charge on any atom is 0.126 e. The normalized spacial score (nSPS) is 24.3. The van der Waals surface area contributed by atoms with Crippen LogP contribution < -0.4 is 0 Å². The van der Waals surface area contributed by atoms with Crippen molar-refractivity contribution in [3.63, 3.8) is 0 Å². The Balaban J connectivity index is 2.18. The summed E-state index contributed by atoms with van der Waals surface area (Å²) in [5, 5.41) is 0. The second-order valence-electron chi connectivity index (χ2n) is 3.12. The Morgan fingerprint density at radius 2 is 2.33 bits per heavy atom. The highest BCUT2D eigenvalue weighted by Crippen LogP contribution is 2.21. The summed E-state index contributed by atoms with van der Waals surface area (Å²) < 4.78 is 10.7. The zero-order chi connectivity index (χ0) is 8.81. The van der Waals surface area contributed by atoms with Crippen LogP contribution in [0.25, 0.3) is 0 Å². The van der Waals surface area contributed by atoms with Gasteiger partial charge in [-0.15, -0.1) is 0 Å². The molecule has 1 aliphatic heterocycles. The van der Waals surface area contributed by atoms with Gasteiger partial charge in [0.05, 0.1) is 12.9 Å². The highest BCUT2D eigenvalue weighted by atomic mass is 16.6. The maximum absolute atomic E-state index is 5.54. The van der Waals surface area contributed by atoms with Crippen molar-refractivity contribution in [2.24, 2.45) is 0 Å². The Morgan fingerprint density at radius 1 is 1.58 bits per heavy atom. The summed E-state index contributed by atoms with van der Waals surface area (Å²) in [7, 11) is 0. The quantitative estimate of drug-likeness (QED) is 0.451. The molecule has 0 aromatic rings. The number of allylic oxidation sites excluding steroid dienone is 1. The first-order valence-electron chi connectivity index (χ1n) is 4.80. The molecule has 12 heavy (non-hydrogen) atoms. The Bertz CT molecular complexity index is 139. The average Bonchev–Trinajstić information content (AvgIpc) is 2.86. The monoisotopic (exact) mass is 170 g/mol. The highest BCUT2D eigenvalue weighted by Gasteiger charge is 2.32. The van der Waals surface area contributed by atoms with Crippen LogP contribution in [0, 0.1) is 0 Å². The molecule has 0 radical (unpaired) electrons. The molecule has 0 saturated carbocycles. The lowest BCUT2D eigenvalue weighted by atomic mass is 10.1. The predicted molar refractivity (Wildman–Crippen MR) is 49.0 cm³/mol. The van der Waals surface area contributed by atoms with Crippen LogP contribution in [0.4, 0.5) is 0 Å². The second-order valence-corrected chi connectivity index (χ2v) is 3.12. The van der Waals surface area contributed by atoms with Crippen molar-refractivity contribution in [1.29, 1.82) is 0 Å². The van der Waals surface area contributed by atoms with Crippen molar-refractivity contribution in [3.8, 4) is 0 Å². The molecule has 1 aliphatic rings. The molecule has 0 bridgehead atoms. The fourth-order valence-corrected chi connectivity index (χ4v) is 1.15. The first-order chi connectivity index (χ1) is 5.88. The fourth-order valence-electron chi connectivity index (χ4n) is 1.15. The maximum atomic E-state index is 5.54. The molecule has 2 unspecified atom stereocenters. The lowest BCUT2D eigenvalue weighted by Gasteiger charge is -2.12. The van der Waals surface area contributed by atoms with E-state index in [9.17, 15) is 0 Å². The van der Waals surface area contributed by atoms with Crippen molar-refractivity contribution in [3.05, 3.63) is 12.3 Å².